The third-order valence-electron chi connectivity index (χ3n) is 3.26. The van der Waals surface area contributed by atoms with Gasteiger partial charge in [-0.05, 0) is 37.3 Å². The van der Waals surface area contributed by atoms with Crippen LogP contribution in [0.1, 0.15) is 16.1 Å². The van der Waals surface area contributed by atoms with Gasteiger partial charge in [0.25, 0.3) is 5.91 Å². The zero-order chi connectivity index (χ0) is 17.8. The van der Waals surface area contributed by atoms with Crippen molar-refractivity contribution >= 4 is 11.6 Å². The van der Waals surface area contributed by atoms with Gasteiger partial charge in [-0.3, -0.25) is 4.79 Å². The van der Waals surface area contributed by atoms with E-state index in [4.69, 9.17) is 4.74 Å². The van der Waals surface area contributed by atoms with Crippen LogP contribution in [0.15, 0.2) is 54.6 Å². The standard InChI is InChI=1S/C18H13F2N3O2/c1-11-5-8-17(23-22-11)25-14-4-2-3-13(10-14)21-18(24)15-7-6-12(19)9-16(15)20/h2-10H,1H3,(H,21,24). The molecule has 1 N–H and O–H groups in total. The van der Waals surface area contributed by atoms with Crippen molar-refractivity contribution in [1.29, 1.82) is 0 Å². The summed E-state index contributed by atoms with van der Waals surface area (Å²) < 4.78 is 32.1. The number of aromatic nitrogens is 2. The van der Waals surface area contributed by atoms with Gasteiger partial charge in [0.05, 0.1) is 11.3 Å². The van der Waals surface area contributed by atoms with Crippen molar-refractivity contribution in [3.05, 3.63) is 77.5 Å². The Bertz CT molecular complexity index is 914. The lowest BCUT2D eigenvalue weighted by molar-refractivity contribution is 0.102. The number of amides is 1. The Morgan fingerprint density at radius 1 is 1.04 bits per heavy atom. The topological polar surface area (TPSA) is 64.1 Å². The second-order valence-electron chi connectivity index (χ2n) is 5.22. The number of rotatable bonds is 4. The Morgan fingerprint density at radius 3 is 2.60 bits per heavy atom. The molecule has 0 aliphatic heterocycles. The number of benzene rings is 2. The molecule has 0 bridgehead atoms. The van der Waals surface area contributed by atoms with E-state index < -0.39 is 17.5 Å². The maximum Gasteiger partial charge on any atom is 0.258 e. The van der Waals surface area contributed by atoms with E-state index in [1.54, 1.807) is 36.4 Å². The highest BCUT2D eigenvalue weighted by molar-refractivity contribution is 6.04. The second kappa shape index (κ2) is 7.04. The molecule has 7 heteroatoms. The van der Waals surface area contributed by atoms with Crippen LogP contribution in [-0.2, 0) is 0 Å². The van der Waals surface area contributed by atoms with Crippen molar-refractivity contribution in [1.82, 2.24) is 10.2 Å². The first-order chi connectivity index (χ1) is 12.0. The number of halogens is 2. The third-order valence-corrected chi connectivity index (χ3v) is 3.26. The van der Waals surface area contributed by atoms with E-state index >= 15 is 0 Å². The second-order valence-corrected chi connectivity index (χ2v) is 5.22. The molecule has 0 radical (unpaired) electrons. The number of carbonyl (C=O) groups excluding carboxylic acids is 1. The fraction of sp³-hybridized carbons (Fsp3) is 0.0556. The lowest BCUT2D eigenvalue weighted by atomic mass is 10.2. The molecule has 1 heterocycles. The smallest absolute Gasteiger partial charge is 0.258 e. The molecule has 126 valence electrons. The summed E-state index contributed by atoms with van der Waals surface area (Å²) in [6.07, 6.45) is 0. The van der Waals surface area contributed by atoms with E-state index in [1.165, 1.54) is 0 Å². The fourth-order valence-electron chi connectivity index (χ4n) is 2.07. The van der Waals surface area contributed by atoms with Gasteiger partial charge in [0, 0.05) is 23.9 Å². The van der Waals surface area contributed by atoms with E-state index in [1.807, 2.05) is 6.92 Å². The Morgan fingerprint density at radius 2 is 1.88 bits per heavy atom. The number of anilines is 1. The van der Waals surface area contributed by atoms with Crippen LogP contribution < -0.4 is 10.1 Å². The summed E-state index contributed by atoms with van der Waals surface area (Å²) in [5.41, 5.74) is 0.901. The zero-order valence-corrected chi connectivity index (χ0v) is 13.2. The molecular formula is C18H13F2N3O2. The molecular weight excluding hydrogens is 328 g/mol. The van der Waals surface area contributed by atoms with Crippen LogP contribution in [0.5, 0.6) is 11.6 Å². The van der Waals surface area contributed by atoms with Gasteiger partial charge in [-0.25, -0.2) is 8.78 Å². The molecule has 5 nitrogen and oxygen atoms in total. The van der Waals surface area contributed by atoms with Gasteiger partial charge < -0.3 is 10.1 Å². The lowest BCUT2D eigenvalue weighted by Gasteiger charge is -2.09. The summed E-state index contributed by atoms with van der Waals surface area (Å²) in [6, 6.07) is 12.7. The highest BCUT2D eigenvalue weighted by Gasteiger charge is 2.13. The summed E-state index contributed by atoms with van der Waals surface area (Å²) in [7, 11) is 0. The van der Waals surface area contributed by atoms with Gasteiger partial charge in [0.15, 0.2) is 0 Å². The molecule has 0 saturated heterocycles. The summed E-state index contributed by atoms with van der Waals surface area (Å²) in [5, 5.41) is 10.3. The maximum atomic E-state index is 13.7. The molecule has 3 aromatic rings. The molecule has 3 rings (SSSR count). The number of hydrogen-bond acceptors (Lipinski definition) is 4. The van der Waals surface area contributed by atoms with Crippen LogP contribution in [0.2, 0.25) is 0 Å². The Balaban J connectivity index is 1.75. The molecule has 0 aliphatic rings. The van der Waals surface area contributed by atoms with Gasteiger partial charge >= 0.3 is 0 Å². The normalized spacial score (nSPS) is 10.4. The van der Waals surface area contributed by atoms with Gasteiger partial charge in [-0.2, -0.15) is 5.10 Å². The molecule has 0 aliphatic carbocycles. The van der Waals surface area contributed by atoms with E-state index in [-0.39, 0.29) is 5.56 Å². The summed E-state index contributed by atoms with van der Waals surface area (Å²) in [5.74, 6) is -1.64. The van der Waals surface area contributed by atoms with Crippen LogP contribution in [0.4, 0.5) is 14.5 Å². The maximum absolute atomic E-state index is 13.7. The summed E-state index contributed by atoms with van der Waals surface area (Å²) in [4.78, 5) is 12.1. The van der Waals surface area contributed by atoms with Crippen LogP contribution in [-0.4, -0.2) is 16.1 Å². The molecule has 0 saturated carbocycles. The Hall–Kier alpha value is -3.35. The van der Waals surface area contributed by atoms with E-state index in [9.17, 15) is 13.6 Å². The molecule has 1 amide bonds. The minimum Gasteiger partial charge on any atom is -0.437 e. The number of nitrogens with one attached hydrogen (secondary N) is 1. The van der Waals surface area contributed by atoms with E-state index in [0.29, 0.717) is 23.4 Å². The van der Waals surface area contributed by atoms with Gasteiger partial charge in [-0.1, -0.05) is 6.07 Å². The predicted octanol–water partition coefficient (Wildman–Crippen LogP) is 4.11. The zero-order valence-electron chi connectivity index (χ0n) is 13.2. The molecule has 0 atom stereocenters. The number of carbonyl (C=O) groups is 1. The minimum absolute atomic E-state index is 0.253. The lowest BCUT2D eigenvalue weighted by Crippen LogP contribution is -2.13. The summed E-state index contributed by atoms with van der Waals surface area (Å²) >= 11 is 0. The average Bonchev–Trinajstić information content (AvgIpc) is 2.57. The molecule has 25 heavy (non-hydrogen) atoms. The highest BCUT2D eigenvalue weighted by atomic mass is 19.1. The third kappa shape index (κ3) is 4.14. The number of nitrogens with zero attached hydrogens (tertiary/aromatic N) is 2. The van der Waals surface area contributed by atoms with Crippen molar-refractivity contribution in [2.45, 2.75) is 6.92 Å². The number of ether oxygens (including phenoxy) is 1. The van der Waals surface area contributed by atoms with E-state index in [0.717, 1.165) is 17.8 Å². The van der Waals surface area contributed by atoms with E-state index in [2.05, 4.69) is 15.5 Å². The molecule has 1 aromatic heterocycles. The number of hydrogen-bond donors (Lipinski definition) is 1. The monoisotopic (exact) mass is 341 g/mol. The van der Waals surface area contributed by atoms with Crippen LogP contribution in [0, 0.1) is 18.6 Å². The Labute approximate surface area is 142 Å². The van der Waals surface area contributed by atoms with Crippen LogP contribution >= 0.6 is 0 Å². The molecule has 0 spiro atoms. The fourth-order valence-corrected chi connectivity index (χ4v) is 2.07. The first-order valence-electron chi connectivity index (χ1n) is 7.36. The first kappa shape index (κ1) is 16.5. The van der Waals surface area contributed by atoms with Gasteiger partial charge in [0.1, 0.15) is 17.4 Å². The van der Waals surface area contributed by atoms with Crippen LogP contribution in [0.3, 0.4) is 0 Å². The Kier molecular flexibility index (Phi) is 4.65. The predicted molar refractivity (Wildman–Crippen MR) is 87.6 cm³/mol. The molecule has 2 aromatic carbocycles. The van der Waals surface area contributed by atoms with Crippen molar-refractivity contribution in [3.8, 4) is 11.6 Å². The minimum atomic E-state index is -0.931. The highest BCUT2D eigenvalue weighted by Crippen LogP contribution is 2.23. The largest absolute Gasteiger partial charge is 0.437 e. The molecule has 0 unspecified atom stereocenters. The number of aryl methyl sites for hydroxylation is 1. The summed E-state index contributed by atoms with van der Waals surface area (Å²) in [6.45, 7) is 1.81. The average molecular weight is 341 g/mol. The van der Waals surface area contributed by atoms with Crippen molar-refractivity contribution < 1.29 is 18.3 Å². The molecule has 0 fully saturated rings. The first-order valence-corrected chi connectivity index (χ1v) is 7.36. The van der Waals surface area contributed by atoms with Crippen molar-refractivity contribution in [3.63, 3.8) is 0 Å². The quantitative estimate of drug-likeness (QED) is 0.776. The van der Waals surface area contributed by atoms with Gasteiger partial charge in [-0.15, -0.1) is 5.10 Å². The SMILES string of the molecule is Cc1ccc(Oc2cccc(NC(=O)c3ccc(F)cc3F)c2)nn1. The van der Waals surface area contributed by atoms with Crippen LogP contribution in [0.25, 0.3) is 0 Å². The van der Waals surface area contributed by atoms with Crippen molar-refractivity contribution in [2.24, 2.45) is 0 Å². The van der Waals surface area contributed by atoms with Gasteiger partial charge in [0.2, 0.25) is 5.88 Å². The van der Waals surface area contributed by atoms with Crippen molar-refractivity contribution in [2.75, 3.05) is 5.32 Å².